The van der Waals surface area contributed by atoms with Gasteiger partial charge in [-0.3, -0.25) is 0 Å². The number of nitrogens with zero attached hydrogens (tertiary/aromatic N) is 3. The molecule has 0 aliphatic carbocycles. The number of hydrogen-bond donors (Lipinski definition) is 2. The Morgan fingerprint density at radius 2 is 1.88 bits per heavy atom. The highest BCUT2D eigenvalue weighted by Gasteiger charge is 2.46. The van der Waals surface area contributed by atoms with E-state index in [0.717, 1.165) is 17.4 Å². The van der Waals surface area contributed by atoms with Crippen molar-refractivity contribution in [2.24, 2.45) is 0 Å². The molecule has 0 aliphatic rings. The van der Waals surface area contributed by atoms with Crippen molar-refractivity contribution >= 4 is 11.3 Å². The van der Waals surface area contributed by atoms with Crippen LogP contribution >= 0.6 is 11.3 Å². The smallest absolute Gasteiger partial charge is 0.349 e. The summed E-state index contributed by atoms with van der Waals surface area (Å²) in [6, 6.07) is 4.85. The van der Waals surface area contributed by atoms with Gasteiger partial charge in [-0.25, -0.2) is 18.4 Å². The minimum absolute atomic E-state index is 0.0222. The highest BCUT2D eigenvalue weighted by atomic mass is 32.1. The van der Waals surface area contributed by atoms with Crippen molar-refractivity contribution in [1.29, 1.82) is 0 Å². The third-order valence-electron chi connectivity index (χ3n) is 3.39. The number of thiazole rings is 1. The van der Waals surface area contributed by atoms with Gasteiger partial charge in [-0.1, -0.05) is 0 Å². The van der Waals surface area contributed by atoms with E-state index in [1.807, 2.05) is 0 Å². The lowest BCUT2D eigenvalue weighted by Gasteiger charge is -2.15. The average molecular weight is 373 g/mol. The topological polar surface area (TPSA) is 71.2 Å². The van der Waals surface area contributed by atoms with Crippen LogP contribution in [-0.4, -0.2) is 31.4 Å². The summed E-state index contributed by atoms with van der Waals surface area (Å²) in [5.74, 6) is -5.06. The number of aromatic hydroxyl groups is 2. The Labute approximate surface area is 142 Å². The molecule has 0 unspecified atom stereocenters. The van der Waals surface area contributed by atoms with Crippen LogP contribution in [0.4, 0.5) is 17.6 Å². The molecule has 0 radical (unpaired) electrons. The minimum atomic E-state index is -4.37. The maximum Gasteiger partial charge on any atom is 0.349 e. The number of aryl methyl sites for hydroxylation is 1. The van der Waals surface area contributed by atoms with Crippen molar-refractivity contribution in [2.75, 3.05) is 0 Å². The molecule has 0 spiro atoms. The molecular weight excluding hydrogens is 362 g/mol. The second kappa shape index (κ2) is 6.03. The van der Waals surface area contributed by atoms with Gasteiger partial charge in [-0.05, 0) is 31.2 Å². The van der Waals surface area contributed by atoms with E-state index in [0.29, 0.717) is 15.9 Å². The Balaban J connectivity index is 2.05. The zero-order valence-corrected chi connectivity index (χ0v) is 13.4. The number of phenolic OH excluding ortho intramolecular Hbond substituents is 2. The first-order chi connectivity index (χ1) is 11.7. The average Bonchev–Trinajstić information content (AvgIpc) is 3.16. The Kier molecular flexibility index (Phi) is 4.15. The molecule has 0 saturated heterocycles. The van der Waals surface area contributed by atoms with Crippen LogP contribution in [0.5, 0.6) is 11.5 Å². The molecule has 0 fully saturated rings. The van der Waals surface area contributed by atoms with Crippen LogP contribution in [0.1, 0.15) is 11.4 Å². The molecule has 2 heterocycles. The zero-order chi connectivity index (χ0) is 18.4. The minimum Gasteiger partial charge on any atom is -0.504 e. The van der Waals surface area contributed by atoms with Crippen LogP contribution in [0.2, 0.25) is 0 Å². The fourth-order valence-electron chi connectivity index (χ4n) is 2.17. The molecule has 0 saturated carbocycles. The van der Waals surface area contributed by atoms with Gasteiger partial charge in [0.25, 0.3) is 0 Å². The summed E-state index contributed by atoms with van der Waals surface area (Å²) in [7, 11) is 0. The highest BCUT2D eigenvalue weighted by Crippen LogP contribution is 2.37. The third-order valence-corrected chi connectivity index (χ3v) is 4.21. The van der Waals surface area contributed by atoms with E-state index in [1.165, 1.54) is 30.5 Å². The molecule has 1 aromatic carbocycles. The fourth-order valence-corrected chi connectivity index (χ4v) is 2.97. The van der Waals surface area contributed by atoms with Gasteiger partial charge in [0.1, 0.15) is 5.69 Å². The van der Waals surface area contributed by atoms with E-state index in [9.17, 15) is 27.8 Å². The quantitative estimate of drug-likeness (QED) is 0.534. The van der Waals surface area contributed by atoms with Crippen LogP contribution in [0, 0.1) is 6.92 Å². The van der Waals surface area contributed by atoms with E-state index < -0.39 is 18.0 Å². The molecule has 2 N–H and O–H groups in total. The summed E-state index contributed by atoms with van der Waals surface area (Å²) < 4.78 is 53.6. The lowest BCUT2D eigenvalue weighted by molar-refractivity contribution is -0.139. The van der Waals surface area contributed by atoms with Gasteiger partial charge >= 0.3 is 12.3 Å². The number of hydrogen-bond acceptors (Lipinski definition) is 5. The van der Waals surface area contributed by atoms with E-state index >= 15 is 0 Å². The Hall–Kier alpha value is -2.62. The third kappa shape index (κ3) is 3.04. The number of aromatic nitrogens is 3. The van der Waals surface area contributed by atoms with Gasteiger partial charge in [0, 0.05) is 10.9 Å². The number of rotatable bonds is 4. The van der Waals surface area contributed by atoms with Gasteiger partial charge < -0.3 is 10.2 Å². The summed E-state index contributed by atoms with van der Waals surface area (Å²) in [5, 5.41) is 24.2. The zero-order valence-electron chi connectivity index (χ0n) is 12.6. The van der Waals surface area contributed by atoms with Crippen molar-refractivity contribution in [3.8, 4) is 27.9 Å². The van der Waals surface area contributed by atoms with Crippen molar-refractivity contribution in [2.45, 2.75) is 19.3 Å². The fraction of sp³-hybridized carbons (Fsp3) is 0.200. The molecule has 132 valence electrons. The Bertz CT molecular complexity index is 923. The van der Waals surface area contributed by atoms with Gasteiger partial charge in [0.05, 0.1) is 11.4 Å². The summed E-state index contributed by atoms with van der Waals surface area (Å²) >= 11 is 0.930. The Morgan fingerprint density at radius 3 is 2.52 bits per heavy atom. The lowest BCUT2D eigenvalue weighted by Crippen LogP contribution is -2.26. The molecule has 0 atom stereocenters. The second-order valence-electron chi connectivity index (χ2n) is 5.23. The van der Waals surface area contributed by atoms with Crippen LogP contribution < -0.4 is 0 Å². The molecule has 3 aromatic rings. The van der Waals surface area contributed by atoms with Crippen LogP contribution in [0.15, 0.2) is 29.6 Å². The molecule has 0 amide bonds. The van der Waals surface area contributed by atoms with E-state index in [1.54, 1.807) is 0 Å². The number of phenols is 2. The van der Waals surface area contributed by atoms with Crippen LogP contribution in [0.25, 0.3) is 16.4 Å². The van der Waals surface area contributed by atoms with E-state index in [-0.39, 0.29) is 22.3 Å². The summed E-state index contributed by atoms with van der Waals surface area (Å²) in [4.78, 5) is 4.12. The number of benzene rings is 1. The maximum atomic E-state index is 13.8. The lowest BCUT2D eigenvalue weighted by atomic mass is 10.1. The van der Waals surface area contributed by atoms with E-state index in [4.69, 9.17) is 0 Å². The highest BCUT2D eigenvalue weighted by molar-refractivity contribution is 7.12. The van der Waals surface area contributed by atoms with Crippen molar-refractivity contribution in [1.82, 2.24) is 14.8 Å². The first-order valence-electron chi connectivity index (χ1n) is 6.91. The molecule has 10 heteroatoms. The van der Waals surface area contributed by atoms with Crippen LogP contribution in [-0.2, 0) is 5.92 Å². The molecule has 0 aliphatic heterocycles. The van der Waals surface area contributed by atoms with Gasteiger partial charge in [-0.15, -0.1) is 11.3 Å². The van der Waals surface area contributed by atoms with Crippen molar-refractivity contribution in [3.05, 3.63) is 41.0 Å². The van der Waals surface area contributed by atoms with Gasteiger partial charge in [-0.2, -0.15) is 13.9 Å². The SMILES string of the molecule is Cc1cc(C(F)(F)C(F)F)n(-c2nc(-c3ccc(O)c(O)c3)cs2)n1. The predicted octanol–water partition coefficient (Wildman–Crippen LogP) is 4.07. The molecule has 5 nitrogen and oxygen atoms in total. The molecule has 3 rings (SSSR count). The van der Waals surface area contributed by atoms with Gasteiger partial charge in [0.2, 0.25) is 5.13 Å². The number of alkyl halides is 4. The normalized spacial score (nSPS) is 12.1. The van der Waals surface area contributed by atoms with Gasteiger partial charge in [0.15, 0.2) is 11.5 Å². The summed E-state index contributed by atoms with van der Waals surface area (Å²) in [5.41, 5.74) is -0.0672. The monoisotopic (exact) mass is 373 g/mol. The summed E-state index contributed by atoms with van der Waals surface area (Å²) in [6.45, 7) is 1.41. The maximum absolute atomic E-state index is 13.8. The molecule has 25 heavy (non-hydrogen) atoms. The standard InChI is InChI=1S/C15H11F4N3O2S/c1-7-4-12(15(18,19)13(16)17)22(21-7)14-20-9(6-25-14)8-2-3-10(23)11(24)5-8/h2-6,13,23-24H,1H3. The Morgan fingerprint density at radius 1 is 1.16 bits per heavy atom. The number of halogens is 4. The van der Waals surface area contributed by atoms with E-state index in [2.05, 4.69) is 10.1 Å². The summed E-state index contributed by atoms with van der Waals surface area (Å²) in [6.07, 6.45) is -3.88. The molecule has 0 bridgehead atoms. The first kappa shape index (κ1) is 17.2. The van der Waals surface area contributed by atoms with Crippen molar-refractivity contribution < 1.29 is 27.8 Å². The largest absolute Gasteiger partial charge is 0.504 e. The second-order valence-corrected chi connectivity index (χ2v) is 6.06. The van der Waals surface area contributed by atoms with Crippen LogP contribution in [0.3, 0.4) is 0 Å². The molecule has 2 aromatic heterocycles. The predicted molar refractivity (Wildman–Crippen MR) is 82.6 cm³/mol. The van der Waals surface area contributed by atoms with Crippen molar-refractivity contribution in [3.63, 3.8) is 0 Å². The first-order valence-corrected chi connectivity index (χ1v) is 7.79. The molecular formula is C15H11F4N3O2S.